The Morgan fingerprint density at radius 1 is 0.269 bits per heavy atom. The van der Waals surface area contributed by atoms with Gasteiger partial charge in [0.05, 0.1) is 22.1 Å². The van der Waals surface area contributed by atoms with E-state index in [9.17, 15) is 0 Å². The number of hydrogen-bond acceptors (Lipinski definition) is 3. The van der Waals surface area contributed by atoms with Crippen molar-refractivity contribution >= 4 is 71.7 Å². The molecule has 3 nitrogen and oxygen atoms in total. The van der Waals surface area contributed by atoms with Gasteiger partial charge in [-0.05, 0) is 128 Å². The van der Waals surface area contributed by atoms with Crippen molar-refractivity contribution in [1.82, 2.24) is 0 Å². The molecule has 0 aliphatic carbocycles. The first kappa shape index (κ1) is 38.5. The van der Waals surface area contributed by atoms with Crippen molar-refractivity contribution in [1.29, 1.82) is 0 Å². The maximum absolute atomic E-state index is 7.06. The highest BCUT2D eigenvalue weighted by Gasteiger charge is 2.25. The lowest BCUT2D eigenvalue weighted by atomic mass is 9.97. The third-order valence-corrected chi connectivity index (χ3v) is 13.3. The maximum Gasteiger partial charge on any atom is 0.145 e. The number of anilines is 3. The van der Waals surface area contributed by atoms with Gasteiger partial charge in [-0.3, -0.25) is 0 Å². The van der Waals surface area contributed by atoms with Gasteiger partial charge in [0, 0.05) is 22.0 Å². The molecule has 2 aromatic heterocycles. The normalized spacial score (nSPS) is 11.6. The predicted molar refractivity (Wildman–Crippen MR) is 280 cm³/mol. The first-order valence-corrected chi connectivity index (χ1v) is 22.8. The van der Waals surface area contributed by atoms with Gasteiger partial charge in [0.25, 0.3) is 0 Å². The van der Waals surface area contributed by atoms with Crippen LogP contribution >= 0.6 is 0 Å². The lowest BCUT2D eigenvalue weighted by Crippen LogP contribution is -2.11. The van der Waals surface area contributed by atoms with Crippen molar-refractivity contribution in [2.24, 2.45) is 0 Å². The second-order valence-electron chi connectivity index (χ2n) is 17.2. The quantitative estimate of drug-likeness (QED) is 0.152. The molecule has 67 heavy (non-hydrogen) atoms. The second-order valence-corrected chi connectivity index (χ2v) is 17.2. The van der Waals surface area contributed by atoms with E-state index in [1.165, 1.54) is 21.9 Å². The first-order chi connectivity index (χ1) is 33.2. The number of hydrogen-bond donors (Lipinski definition) is 0. The second kappa shape index (κ2) is 16.0. The average molecular weight is 856 g/mol. The minimum Gasteiger partial charge on any atom is -0.456 e. The molecule has 0 unspecified atom stereocenters. The Kier molecular flexibility index (Phi) is 9.17. The molecule has 0 saturated heterocycles. The summed E-state index contributed by atoms with van der Waals surface area (Å²) in [7, 11) is 0. The van der Waals surface area contributed by atoms with Crippen LogP contribution in [0.3, 0.4) is 0 Å². The predicted octanol–water partition coefficient (Wildman–Crippen LogP) is 18.4. The fourth-order valence-electron chi connectivity index (χ4n) is 9.94. The van der Waals surface area contributed by atoms with Gasteiger partial charge in [0.15, 0.2) is 0 Å². The van der Waals surface area contributed by atoms with Crippen LogP contribution in [-0.4, -0.2) is 0 Å². The van der Waals surface area contributed by atoms with Crippen LogP contribution in [0.1, 0.15) is 0 Å². The van der Waals surface area contributed by atoms with Crippen LogP contribution in [0, 0.1) is 0 Å². The molecule has 314 valence electrons. The summed E-state index contributed by atoms with van der Waals surface area (Å²) in [5.41, 5.74) is 17.8. The van der Waals surface area contributed by atoms with Gasteiger partial charge < -0.3 is 13.7 Å². The van der Waals surface area contributed by atoms with Gasteiger partial charge in [-0.25, -0.2) is 0 Å². The van der Waals surface area contributed by atoms with Crippen LogP contribution in [0.4, 0.5) is 17.1 Å². The number of fused-ring (bicyclic) bond motifs is 7. The van der Waals surface area contributed by atoms with E-state index in [1.807, 2.05) is 6.07 Å². The van der Waals surface area contributed by atoms with Crippen LogP contribution in [0.5, 0.6) is 0 Å². The van der Waals surface area contributed by atoms with Crippen molar-refractivity contribution in [2.75, 3.05) is 4.90 Å². The molecule has 0 atom stereocenters. The average Bonchev–Trinajstić information content (AvgIpc) is 3.98. The molecule has 13 aromatic rings. The van der Waals surface area contributed by atoms with Crippen LogP contribution in [-0.2, 0) is 0 Å². The van der Waals surface area contributed by atoms with E-state index in [0.717, 1.165) is 105 Å². The van der Waals surface area contributed by atoms with E-state index in [4.69, 9.17) is 8.83 Å². The van der Waals surface area contributed by atoms with Gasteiger partial charge in [-0.2, -0.15) is 0 Å². The molecule has 0 saturated carbocycles. The Labute approximate surface area is 388 Å². The molecule has 3 heteroatoms. The summed E-state index contributed by atoms with van der Waals surface area (Å²) in [5, 5.41) is 6.68. The molecular weight excluding hydrogens is 815 g/mol. The highest BCUT2D eigenvalue weighted by molar-refractivity contribution is 6.20. The zero-order chi connectivity index (χ0) is 44.3. The number of rotatable bonds is 8. The number of nitrogens with zero attached hydrogens (tertiary/aromatic N) is 1. The monoisotopic (exact) mass is 855 g/mol. The van der Waals surface area contributed by atoms with Crippen LogP contribution in [0.15, 0.2) is 258 Å². The Balaban J connectivity index is 0.997. The molecule has 13 rings (SSSR count). The van der Waals surface area contributed by atoms with E-state index in [-0.39, 0.29) is 0 Å². The van der Waals surface area contributed by atoms with E-state index in [1.54, 1.807) is 0 Å². The zero-order valence-corrected chi connectivity index (χ0v) is 36.4. The molecule has 0 aliphatic heterocycles. The summed E-state index contributed by atoms with van der Waals surface area (Å²) in [6.07, 6.45) is 0. The van der Waals surface area contributed by atoms with Crippen molar-refractivity contribution in [3.8, 4) is 55.6 Å². The Morgan fingerprint density at radius 3 is 1.40 bits per heavy atom. The van der Waals surface area contributed by atoms with Gasteiger partial charge in [-0.15, -0.1) is 0 Å². The minimum atomic E-state index is 0.826. The van der Waals surface area contributed by atoms with Crippen molar-refractivity contribution in [3.05, 3.63) is 249 Å². The number of furan rings is 2. The molecule has 0 amide bonds. The molecule has 0 fully saturated rings. The largest absolute Gasteiger partial charge is 0.456 e. The molecule has 0 N–H and O–H groups in total. The summed E-state index contributed by atoms with van der Waals surface area (Å²) in [6, 6.07) is 88.7. The van der Waals surface area contributed by atoms with E-state index in [2.05, 4.69) is 248 Å². The Morgan fingerprint density at radius 2 is 0.746 bits per heavy atom. The topological polar surface area (TPSA) is 29.5 Å². The smallest absolute Gasteiger partial charge is 0.145 e. The Bertz CT molecular complexity index is 3940. The van der Waals surface area contributed by atoms with Gasteiger partial charge in [0.2, 0.25) is 0 Å². The summed E-state index contributed by atoms with van der Waals surface area (Å²) in [5.74, 6) is 0. The van der Waals surface area contributed by atoms with E-state index >= 15 is 0 Å². The van der Waals surface area contributed by atoms with E-state index in [0.29, 0.717) is 0 Å². The molecule has 0 bridgehead atoms. The molecule has 0 radical (unpaired) electrons. The summed E-state index contributed by atoms with van der Waals surface area (Å²) in [4.78, 5) is 2.40. The van der Waals surface area contributed by atoms with Crippen molar-refractivity contribution < 1.29 is 8.83 Å². The first-order valence-electron chi connectivity index (χ1n) is 22.8. The Hall–Kier alpha value is -8.92. The van der Waals surface area contributed by atoms with Gasteiger partial charge in [0.1, 0.15) is 22.3 Å². The molecule has 0 spiro atoms. The van der Waals surface area contributed by atoms with Crippen molar-refractivity contribution in [3.63, 3.8) is 0 Å². The molecule has 0 aliphatic rings. The van der Waals surface area contributed by atoms with Gasteiger partial charge >= 0.3 is 0 Å². The fourth-order valence-corrected chi connectivity index (χ4v) is 9.94. The van der Waals surface area contributed by atoms with Crippen molar-refractivity contribution in [2.45, 2.75) is 0 Å². The molecule has 11 aromatic carbocycles. The molecular formula is C64H41NO2. The van der Waals surface area contributed by atoms with Crippen LogP contribution in [0.2, 0.25) is 0 Å². The van der Waals surface area contributed by atoms with Crippen LogP contribution in [0.25, 0.3) is 110 Å². The lowest BCUT2D eigenvalue weighted by molar-refractivity contribution is 0.669. The third kappa shape index (κ3) is 6.76. The lowest BCUT2D eigenvalue weighted by Gasteiger charge is -2.27. The molecule has 2 heterocycles. The minimum absolute atomic E-state index is 0.826. The summed E-state index contributed by atoms with van der Waals surface area (Å²) < 4.78 is 13.8. The van der Waals surface area contributed by atoms with Gasteiger partial charge in [-0.1, -0.05) is 182 Å². The maximum atomic E-state index is 7.06. The van der Waals surface area contributed by atoms with Crippen LogP contribution < -0.4 is 4.90 Å². The standard InChI is InChI=1S/C64H41NO2/c1-4-13-42(14-5-1)51-31-35-55-60(40-51)66-59-22-12-21-57(62(55)59)65(53-33-29-46(30-34-53)45-23-25-47(26-24-45)50-28-27-44-17-10-11-20-49(44)39-50)58-38-37-54(48-18-8-3-9-19-48)64-63(58)56-36-32-52(41-61(56)67-64)43-15-6-2-7-16-43/h1-41H. The zero-order valence-electron chi connectivity index (χ0n) is 36.4. The third-order valence-electron chi connectivity index (χ3n) is 13.3. The van der Waals surface area contributed by atoms with E-state index < -0.39 is 0 Å². The highest BCUT2D eigenvalue weighted by atomic mass is 16.3. The SMILES string of the molecule is c1ccc(-c2ccc3c(c2)oc2cccc(N(c4ccc(-c5ccc(-c6ccc7ccccc7c6)cc5)cc4)c4ccc(-c5ccccc5)c5oc6cc(-c7ccccc7)ccc6c45)c23)cc1. The number of benzene rings is 11. The summed E-state index contributed by atoms with van der Waals surface area (Å²) in [6.45, 7) is 0. The fraction of sp³-hybridized carbons (Fsp3) is 0. The highest BCUT2D eigenvalue weighted by Crippen LogP contribution is 2.49. The summed E-state index contributed by atoms with van der Waals surface area (Å²) >= 11 is 0.